The van der Waals surface area contributed by atoms with Gasteiger partial charge >= 0.3 is 0 Å². The first-order chi connectivity index (χ1) is 9.41. The number of aromatic nitrogens is 1. The van der Waals surface area contributed by atoms with E-state index in [1.807, 2.05) is 0 Å². The highest BCUT2D eigenvalue weighted by Crippen LogP contribution is 2.13. The van der Waals surface area contributed by atoms with Gasteiger partial charge < -0.3 is 10.4 Å². The van der Waals surface area contributed by atoms with Gasteiger partial charge in [-0.25, -0.2) is 8.42 Å². The fourth-order valence-electron chi connectivity index (χ4n) is 1.32. The molecule has 0 fully saturated rings. The molecule has 1 aromatic rings. The van der Waals surface area contributed by atoms with E-state index in [0.29, 0.717) is 5.56 Å². The maximum Gasteiger partial charge on any atom is 0.244 e. The van der Waals surface area contributed by atoms with Crippen molar-refractivity contribution in [1.29, 1.82) is 0 Å². The molecule has 108 valence electrons. The molecule has 1 amide bonds. The smallest absolute Gasteiger partial charge is 0.244 e. The average Bonchev–Trinajstić information content (AvgIpc) is 2.45. The third kappa shape index (κ3) is 4.03. The Balaban J connectivity index is 3.06. The van der Waals surface area contributed by atoms with Gasteiger partial charge in [-0.1, -0.05) is 11.8 Å². The van der Waals surface area contributed by atoms with E-state index in [9.17, 15) is 13.2 Å². The lowest BCUT2D eigenvalue weighted by Crippen LogP contribution is -2.36. The van der Waals surface area contributed by atoms with E-state index in [-0.39, 0.29) is 18.0 Å². The zero-order valence-corrected chi connectivity index (χ0v) is 11.9. The van der Waals surface area contributed by atoms with Gasteiger partial charge in [0, 0.05) is 32.1 Å². The van der Waals surface area contributed by atoms with E-state index in [1.54, 1.807) is 0 Å². The van der Waals surface area contributed by atoms with Crippen molar-refractivity contribution >= 4 is 15.9 Å². The summed E-state index contributed by atoms with van der Waals surface area (Å²) in [5, 5.41) is 11.0. The Morgan fingerprint density at radius 3 is 2.80 bits per heavy atom. The van der Waals surface area contributed by atoms with Crippen LogP contribution >= 0.6 is 0 Å². The minimum atomic E-state index is -3.81. The first-order valence-electron chi connectivity index (χ1n) is 5.63. The molecule has 0 saturated heterocycles. The predicted molar refractivity (Wildman–Crippen MR) is 72.1 cm³/mol. The van der Waals surface area contributed by atoms with Gasteiger partial charge in [0.1, 0.15) is 11.5 Å². The Morgan fingerprint density at radius 2 is 2.20 bits per heavy atom. The van der Waals surface area contributed by atoms with Crippen LogP contribution in [0, 0.1) is 11.8 Å². The Kier molecular flexibility index (Phi) is 5.64. The van der Waals surface area contributed by atoms with Crippen LogP contribution in [0.15, 0.2) is 23.4 Å². The number of likely N-dealkylation sites (N-methyl/N-ethyl adjacent to an activating group) is 2. The molecule has 0 spiro atoms. The quantitative estimate of drug-likeness (QED) is 0.680. The zero-order chi connectivity index (χ0) is 15.2. The maximum absolute atomic E-state index is 12.2. The third-order valence-electron chi connectivity index (χ3n) is 2.38. The summed E-state index contributed by atoms with van der Waals surface area (Å²) in [5.41, 5.74) is 0.369. The molecule has 0 aromatic carbocycles. The van der Waals surface area contributed by atoms with Crippen LogP contribution in [0.5, 0.6) is 0 Å². The number of aliphatic hydroxyl groups excluding tert-OH is 1. The van der Waals surface area contributed by atoms with Crippen molar-refractivity contribution in [3.63, 3.8) is 0 Å². The number of nitrogens with zero attached hydrogens (tertiary/aromatic N) is 2. The molecule has 20 heavy (non-hydrogen) atoms. The topological polar surface area (TPSA) is 99.6 Å². The minimum absolute atomic E-state index is 0.0614. The van der Waals surface area contributed by atoms with Gasteiger partial charge in [-0.05, 0) is 6.07 Å². The summed E-state index contributed by atoms with van der Waals surface area (Å²) in [4.78, 5) is 15.0. The van der Waals surface area contributed by atoms with Crippen LogP contribution in [0.3, 0.4) is 0 Å². The Hall–Kier alpha value is -1.95. The zero-order valence-electron chi connectivity index (χ0n) is 11.1. The molecule has 0 aliphatic carbocycles. The van der Waals surface area contributed by atoms with Crippen LogP contribution in [0.4, 0.5) is 0 Å². The number of pyridine rings is 1. The fourth-order valence-corrected chi connectivity index (χ4v) is 2.43. The molecule has 8 heteroatoms. The monoisotopic (exact) mass is 297 g/mol. The van der Waals surface area contributed by atoms with Crippen molar-refractivity contribution in [2.45, 2.75) is 4.90 Å². The van der Waals surface area contributed by atoms with Gasteiger partial charge in [0.15, 0.2) is 0 Å². The van der Waals surface area contributed by atoms with Gasteiger partial charge in [-0.2, -0.15) is 4.31 Å². The van der Waals surface area contributed by atoms with Crippen molar-refractivity contribution in [1.82, 2.24) is 14.6 Å². The van der Waals surface area contributed by atoms with Crippen LogP contribution < -0.4 is 5.32 Å². The van der Waals surface area contributed by atoms with Crippen LogP contribution in [0.25, 0.3) is 0 Å². The summed E-state index contributed by atoms with van der Waals surface area (Å²) in [6.45, 7) is -0.612. The Labute approximate surface area is 117 Å². The summed E-state index contributed by atoms with van der Waals surface area (Å²) in [6, 6.07) is 1.34. The molecule has 0 aliphatic heterocycles. The predicted octanol–water partition coefficient (Wildman–Crippen LogP) is -1.21. The summed E-state index contributed by atoms with van der Waals surface area (Å²) in [6.07, 6.45) is 2.57. The maximum atomic E-state index is 12.2. The number of carbonyl (C=O) groups excluding carboxylic acids is 1. The minimum Gasteiger partial charge on any atom is -0.384 e. The van der Waals surface area contributed by atoms with Crippen molar-refractivity contribution in [3.8, 4) is 11.8 Å². The number of nitrogens with one attached hydrogen (secondary N) is 1. The second-order valence-electron chi connectivity index (χ2n) is 3.80. The first kappa shape index (κ1) is 16.1. The highest BCUT2D eigenvalue weighted by molar-refractivity contribution is 7.89. The largest absolute Gasteiger partial charge is 0.384 e. The summed E-state index contributed by atoms with van der Waals surface area (Å²) >= 11 is 0. The third-order valence-corrected chi connectivity index (χ3v) is 4.15. The highest BCUT2D eigenvalue weighted by Gasteiger charge is 2.23. The molecule has 7 nitrogen and oxygen atoms in total. The van der Waals surface area contributed by atoms with E-state index < -0.39 is 15.9 Å². The van der Waals surface area contributed by atoms with E-state index in [2.05, 4.69) is 22.1 Å². The molecule has 0 aliphatic rings. The number of amides is 1. The van der Waals surface area contributed by atoms with E-state index in [4.69, 9.17) is 5.11 Å². The van der Waals surface area contributed by atoms with Gasteiger partial charge in [0.25, 0.3) is 0 Å². The van der Waals surface area contributed by atoms with Crippen molar-refractivity contribution < 1.29 is 18.3 Å². The normalized spacial score (nSPS) is 10.8. The second-order valence-corrected chi connectivity index (χ2v) is 5.85. The molecule has 1 rings (SSSR count). The van der Waals surface area contributed by atoms with Gasteiger partial charge in [-0.15, -0.1) is 0 Å². The lowest BCUT2D eigenvalue weighted by Gasteiger charge is -2.15. The number of sulfonamides is 1. The van der Waals surface area contributed by atoms with Crippen molar-refractivity contribution in [2.24, 2.45) is 0 Å². The summed E-state index contributed by atoms with van der Waals surface area (Å²) in [7, 11) is -1.08. The van der Waals surface area contributed by atoms with Gasteiger partial charge in [-0.3, -0.25) is 9.78 Å². The highest BCUT2D eigenvalue weighted by atomic mass is 32.2. The Bertz CT molecular complexity index is 646. The van der Waals surface area contributed by atoms with Gasteiger partial charge in [0.05, 0.1) is 6.54 Å². The molecule has 0 unspecified atom stereocenters. The lowest BCUT2D eigenvalue weighted by atomic mass is 10.3. The van der Waals surface area contributed by atoms with Crippen molar-refractivity contribution in [2.75, 3.05) is 27.2 Å². The van der Waals surface area contributed by atoms with Crippen LogP contribution in [-0.2, 0) is 14.8 Å². The van der Waals surface area contributed by atoms with E-state index in [1.165, 1.54) is 32.6 Å². The van der Waals surface area contributed by atoms with Gasteiger partial charge in [0.2, 0.25) is 15.9 Å². The molecule has 0 atom stereocenters. The van der Waals surface area contributed by atoms with Crippen LogP contribution in [0.1, 0.15) is 5.56 Å². The average molecular weight is 297 g/mol. The second kappa shape index (κ2) is 7.00. The number of carbonyl (C=O) groups is 1. The first-order valence-corrected chi connectivity index (χ1v) is 7.07. The van der Waals surface area contributed by atoms with E-state index >= 15 is 0 Å². The molecular formula is C12H15N3O4S. The SMILES string of the molecule is CNC(=O)CN(C)S(=O)(=O)c1cncc(C#CCO)c1. The lowest BCUT2D eigenvalue weighted by molar-refractivity contribution is -0.120. The molecule has 1 heterocycles. The fraction of sp³-hybridized carbons (Fsp3) is 0.333. The molecule has 2 N–H and O–H groups in total. The number of aliphatic hydroxyl groups is 1. The van der Waals surface area contributed by atoms with Crippen LogP contribution in [0.2, 0.25) is 0 Å². The Morgan fingerprint density at radius 1 is 1.50 bits per heavy atom. The summed E-state index contributed by atoms with van der Waals surface area (Å²) < 4.78 is 25.4. The molecule has 1 aromatic heterocycles. The molecule has 0 bridgehead atoms. The molecule has 0 radical (unpaired) electrons. The number of hydrogen-bond donors (Lipinski definition) is 2. The van der Waals surface area contributed by atoms with E-state index in [0.717, 1.165) is 4.31 Å². The standard InChI is InChI=1S/C12H15N3O4S/c1-13-12(17)9-15(2)20(18,19)11-6-10(4-3-5-16)7-14-8-11/h6-8,16H,5,9H2,1-2H3,(H,13,17). The number of hydrogen-bond acceptors (Lipinski definition) is 5. The summed E-state index contributed by atoms with van der Waals surface area (Å²) in [5.74, 6) is 4.56. The van der Waals surface area contributed by atoms with Crippen LogP contribution in [-0.4, -0.2) is 56.0 Å². The molecular weight excluding hydrogens is 282 g/mol. The number of rotatable bonds is 4. The molecule has 0 saturated carbocycles. The van der Waals surface area contributed by atoms with Crippen molar-refractivity contribution in [3.05, 3.63) is 24.0 Å².